The van der Waals surface area contributed by atoms with E-state index >= 15 is 0 Å². The molecule has 0 spiro atoms. The van der Waals surface area contributed by atoms with E-state index in [2.05, 4.69) is 32.1 Å². The normalized spacial score (nSPS) is 19.8. The lowest BCUT2D eigenvalue weighted by Gasteiger charge is -2.37. The Morgan fingerprint density at radius 3 is 2.41 bits per heavy atom. The average Bonchev–Trinajstić information content (AvgIpc) is 3.73. The van der Waals surface area contributed by atoms with Gasteiger partial charge in [0.2, 0.25) is 11.8 Å². The number of imide groups is 2. The zero-order valence-corrected chi connectivity index (χ0v) is 31.3. The topological polar surface area (TPSA) is 157 Å². The molecule has 5 heterocycles. The minimum atomic E-state index is -0.963. The van der Waals surface area contributed by atoms with E-state index in [-0.39, 0.29) is 18.7 Å². The molecule has 292 valence electrons. The van der Waals surface area contributed by atoms with Crippen molar-refractivity contribution >= 4 is 46.1 Å². The fraction of sp³-hybridized carbons (Fsp3) is 0.405. The van der Waals surface area contributed by atoms with Crippen molar-refractivity contribution in [2.75, 3.05) is 57.3 Å². The van der Waals surface area contributed by atoms with Gasteiger partial charge < -0.3 is 14.2 Å². The molecule has 0 aliphatic carbocycles. The monoisotopic (exact) mass is 761 g/mol. The molecule has 14 nitrogen and oxygen atoms in total. The average molecular weight is 762 g/mol. The van der Waals surface area contributed by atoms with Crippen LogP contribution >= 0.6 is 0 Å². The highest BCUT2D eigenvalue weighted by Gasteiger charge is 2.44. The zero-order chi connectivity index (χ0) is 38.8. The zero-order valence-electron chi connectivity index (χ0n) is 31.3. The van der Waals surface area contributed by atoms with Crippen LogP contribution in [0.2, 0.25) is 0 Å². The number of hydroxylamine groups is 1. The number of rotatable bonds is 12. The van der Waals surface area contributed by atoms with E-state index < -0.39 is 29.7 Å². The van der Waals surface area contributed by atoms with Gasteiger partial charge in [0.15, 0.2) is 0 Å². The van der Waals surface area contributed by atoms with Gasteiger partial charge in [-0.25, -0.2) is 5.48 Å². The maximum absolute atomic E-state index is 13.3. The minimum absolute atomic E-state index is 0.0989. The number of carbonyl (C=O) groups excluding carboxylic acids is 5. The predicted octanol–water partition coefficient (Wildman–Crippen LogP) is 3.66. The van der Waals surface area contributed by atoms with E-state index in [1.54, 1.807) is 29.7 Å². The molecule has 0 bridgehead atoms. The Labute approximate surface area is 324 Å². The van der Waals surface area contributed by atoms with Gasteiger partial charge in [0.25, 0.3) is 17.7 Å². The lowest BCUT2D eigenvalue weighted by atomic mass is 9.93. The summed E-state index contributed by atoms with van der Waals surface area (Å²) in [5, 5.41) is 12.3. The standard InChI is InChI=1S/C42H47N7O7/c50-38-9-8-36(40(52)43-38)49-41(53)34-7-6-32(26-35(34)42(49)54)47-20-18-45(19-21-47)14-10-28-11-15-46(16-12-28)27-29-2-1-3-33(24-29)56-23-22-48-17-13-30-4-5-31(25-37(30)48)39(51)44-55/h1-7,13,17,24-26,28,36,55H,8-12,14-16,18-23,27H2,(H,44,51)(H,43,50,52). The van der Waals surface area contributed by atoms with Crippen LogP contribution in [0.25, 0.3) is 10.9 Å². The fourth-order valence-electron chi connectivity index (χ4n) is 8.52. The number of anilines is 1. The second-order valence-electron chi connectivity index (χ2n) is 15.2. The van der Waals surface area contributed by atoms with Gasteiger partial charge in [-0.1, -0.05) is 18.2 Å². The summed E-state index contributed by atoms with van der Waals surface area (Å²) in [6, 6.07) is 20.0. The summed E-state index contributed by atoms with van der Waals surface area (Å²) >= 11 is 0. The second kappa shape index (κ2) is 16.3. The fourth-order valence-corrected chi connectivity index (χ4v) is 8.52. The molecule has 0 radical (unpaired) electrons. The van der Waals surface area contributed by atoms with Crippen LogP contribution in [0.4, 0.5) is 5.69 Å². The number of piperidine rings is 2. The highest BCUT2D eigenvalue weighted by atomic mass is 16.5. The van der Waals surface area contributed by atoms with Gasteiger partial charge in [0.1, 0.15) is 18.4 Å². The lowest BCUT2D eigenvalue weighted by Crippen LogP contribution is -2.54. The molecule has 4 aromatic rings. The molecule has 1 unspecified atom stereocenters. The third-order valence-corrected chi connectivity index (χ3v) is 11.8. The number of aromatic nitrogens is 1. The third-order valence-electron chi connectivity index (χ3n) is 11.8. The maximum atomic E-state index is 13.3. The Morgan fingerprint density at radius 1 is 0.821 bits per heavy atom. The second-order valence-corrected chi connectivity index (χ2v) is 15.2. The molecule has 3 N–H and O–H groups in total. The van der Waals surface area contributed by atoms with Crippen LogP contribution in [0.1, 0.15) is 68.7 Å². The van der Waals surface area contributed by atoms with Crippen LogP contribution in [0.3, 0.4) is 0 Å². The molecule has 1 aromatic heterocycles. The molecule has 8 rings (SSSR count). The highest BCUT2D eigenvalue weighted by molar-refractivity contribution is 6.23. The van der Waals surface area contributed by atoms with Crippen molar-refractivity contribution in [2.24, 2.45) is 5.92 Å². The number of piperazine rings is 1. The van der Waals surface area contributed by atoms with Crippen molar-refractivity contribution in [3.63, 3.8) is 0 Å². The molecule has 56 heavy (non-hydrogen) atoms. The molecule has 1 atom stereocenters. The lowest BCUT2D eigenvalue weighted by molar-refractivity contribution is -0.136. The van der Waals surface area contributed by atoms with Crippen LogP contribution in [0.15, 0.2) is 72.9 Å². The van der Waals surface area contributed by atoms with E-state index in [1.807, 2.05) is 41.1 Å². The van der Waals surface area contributed by atoms with E-state index in [0.29, 0.717) is 35.8 Å². The molecular weight excluding hydrogens is 715 g/mol. The number of fused-ring (bicyclic) bond motifs is 2. The number of carbonyl (C=O) groups is 5. The number of benzene rings is 3. The smallest absolute Gasteiger partial charge is 0.274 e. The van der Waals surface area contributed by atoms with Gasteiger partial charge in [-0.15, -0.1) is 0 Å². The number of ether oxygens (including phenoxy) is 1. The van der Waals surface area contributed by atoms with E-state index in [1.165, 1.54) is 24.8 Å². The SMILES string of the molecule is O=C1CCC(N2C(=O)c3ccc(N4CCN(CCC5CCN(Cc6cccc(OCCn7ccc8ccc(C(=O)NO)cc87)c6)CC5)CC4)cc3C2=O)C(=O)N1. The first-order valence-corrected chi connectivity index (χ1v) is 19.5. The Bertz CT molecular complexity index is 2150. The maximum Gasteiger partial charge on any atom is 0.274 e. The number of nitrogens with zero attached hydrogens (tertiary/aromatic N) is 5. The molecular formula is C42H47N7O7. The summed E-state index contributed by atoms with van der Waals surface area (Å²) in [4.78, 5) is 70.6. The minimum Gasteiger partial charge on any atom is -0.492 e. The van der Waals surface area contributed by atoms with Crippen molar-refractivity contribution < 1.29 is 33.9 Å². The van der Waals surface area contributed by atoms with Crippen LogP contribution in [-0.4, -0.2) is 112 Å². The van der Waals surface area contributed by atoms with Crippen molar-refractivity contribution in [1.82, 2.24) is 30.1 Å². The van der Waals surface area contributed by atoms with Crippen molar-refractivity contribution in [2.45, 2.75) is 51.2 Å². The van der Waals surface area contributed by atoms with Crippen LogP contribution in [0, 0.1) is 5.92 Å². The summed E-state index contributed by atoms with van der Waals surface area (Å²) in [6.07, 6.45) is 5.76. The Kier molecular flexibility index (Phi) is 10.9. The summed E-state index contributed by atoms with van der Waals surface area (Å²) in [6.45, 7) is 8.70. The summed E-state index contributed by atoms with van der Waals surface area (Å²) in [5.74, 6) is -0.942. The number of hydrogen-bond donors (Lipinski definition) is 3. The van der Waals surface area contributed by atoms with Gasteiger partial charge in [0, 0.05) is 62.1 Å². The van der Waals surface area contributed by atoms with Gasteiger partial charge >= 0.3 is 0 Å². The Morgan fingerprint density at radius 2 is 1.62 bits per heavy atom. The predicted molar refractivity (Wildman–Crippen MR) is 208 cm³/mol. The first-order chi connectivity index (χ1) is 27.2. The number of amides is 5. The molecule has 3 saturated heterocycles. The molecule has 4 aliphatic heterocycles. The van der Waals surface area contributed by atoms with Crippen molar-refractivity contribution in [3.8, 4) is 5.75 Å². The summed E-state index contributed by atoms with van der Waals surface area (Å²) < 4.78 is 8.18. The summed E-state index contributed by atoms with van der Waals surface area (Å²) in [5.41, 5.74) is 5.75. The van der Waals surface area contributed by atoms with Crippen LogP contribution in [0.5, 0.6) is 5.75 Å². The van der Waals surface area contributed by atoms with Crippen LogP contribution in [-0.2, 0) is 22.7 Å². The number of hydrogen-bond acceptors (Lipinski definition) is 10. The van der Waals surface area contributed by atoms with Crippen LogP contribution < -0.4 is 20.4 Å². The van der Waals surface area contributed by atoms with Gasteiger partial charge in [-0.3, -0.25) is 49.2 Å². The van der Waals surface area contributed by atoms with Crippen molar-refractivity contribution in [3.05, 3.63) is 95.2 Å². The molecule has 3 aromatic carbocycles. The van der Waals surface area contributed by atoms with Crippen molar-refractivity contribution in [1.29, 1.82) is 0 Å². The number of likely N-dealkylation sites (tertiary alicyclic amines) is 1. The van der Waals surface area contributed by atoms with Gasteiger partial charge in [-0.05, 0) is 111 Å². The van der Waals surface area contributed by atoms with E-state index in [0.717, 1.165) is 79.6 Å². The van der Waals surface area contributed by atoms with Gasteiger partial charge in [-0.2, -0.15) is 0 Å². The quantitative estimate of drug-likeness (QED) is 0.111. The third kappa shape index (κ3) is 7.90. The van der Waals surface area contributed by atoms with E-state index in [4.69, 9.17) is 9.94 Å². The molecule has 4 aliphatic rings. The Hall–Kier alpha value is -5.57. The molecule has 3 fully saturated rings. The van der Waals surface area contributed by atoms with Gasteiger partial charge in [0.05, 0.1) is 17.7 Å². The molecule has 14 heteroatoms. The Balaban J connectivity index is 0.753. The van der Waals surface area contributed by atoms with E-state index in [9.17, 15) is 24.0 Å². The first kappa shape index (κ1) is 37.4. The highest BCUT2D eigenvalue weighted by Crippen LogP contribution is 2.31. The summed E-state index contributed by atoms with van der Waals surface area (Å²) in [7, 11) is 0. The largest absolute Gasteiger partial charge is 0.492 e. The number of nitrogens with one attached hydrogen (secondary N) is 2. The molecule has 0 saturated carbocycles. The molecule has 5 amide bonds. The first-order valence-electron chi connectivity index (χ1n) is 19.5.